The molecule has 15 heavy (non-hydrogen) atoms. The molecule has 84 valence electrons. The van der Waals surface area contributed by atoms with Crippen molar-refractivity contribution in [3.8, 4) is 17.2 Å². The first-order valence-electron chi connectivity index (χ1n) is 4.27. The van der Waals surface area contributed by atoms with Crippen molar-refractivity contribution in [2.75, 3.05) is 21.3 Å². The number of rotatable bonds is 4. The molecule has 0 heterocycles. The van der Waals surface area contributed by atoms with Gasteiger partial charge in [-0.25, -0.2) is 0 Å². The van der Waals surface area contributed by atoms with Gasteiger partial charge in [0.25, 0.3) is 0 Å². The van der Waals surface area contributed by atoms with Crippen molar-refractivity contribution in [2.24, 2.45) is 0 Å². The Hall–Kier alpha value is -0.940. The molecule has 0 saturated heterocycles. The fourth-order valence-corrected chi connectivity index (χ4v) is 2.10. The highest BCUT2D eigenvalue weighted by molar-refractivity contribution is 9.10. The van der Waals surface area contributed by atoms with E-state index in [1.54, 1.807) is 13.2 Å². The summed E-state index contributed by atoms with van der Waals surface area (Å²) < 4.78 is 16.1. The van der Waals surface area contributed by atoms with E-state index < -0.39 is 0 Å². The van der Waals surface area contributed by atoms with Crippen molar-refractivity contribution in [3.63, 3.8) is 0 Å². The third-order valence-corrected chi connectivity index (χ3v) is 2.74. The monoisotopic (exact) mass is 276 g/mol. The van der Waals surface area contributed by atoms with Crippen LogP contribution in [0.2, 0.25) is 0 Å². The summed E-state index contributed by atoms with van der Waals surface area (Å²) >= 11 is 3.34. The molecule has 0 saturated carbocycles. The van der Waals surface area contributed by atoms with Crippen LogP contribution < -0.4 is 14.2 Å². The molecule has 0 aliphatic carbocycles. The van der Waals surface area contributed by atoms with Gasteiger partial charge >= 0.3 is 0 Å². The molecule has 1 N–H and O–H groups in total. The molecule has 1 aromatic rings. The molecule has 0 aliphatic heterocycles. The number of hydrogen-bond donors (Lipinski definition) is 1. The third kappa shape index (κ3) is 2.18. The van der Waals surface area contributed by atoms with Gasteiger partial charge in [-0.05, 0) is 22.0 Å². The topological polar surface area (TPSA) is 47.9 Å². The fourth-order valence-electron chi connectivity index (χ4n) is 1.32. The van der Waals surface area contributed by atoms with Gasteiger partial charge < -0.3 is 19.3 Å². The van der Waals surface area contributed by atoms with Gasteiger partial charge in [-0.2, -0.15) is 0 Å². The van der Waals surface area contributed by atoms with Gasteiger partial charge in [0, 0.05) is 5.56 Å². The molecule has 0 amide bonds. The molecule has 0 unspecified atom stereocenters. The molecule has 1 rings (SSSR count). The van der Waals surface area contributed by atoms with Crippen molar-refractivity contribution >= 4 is 15.9 Å². The van der Waals surface area contributed by atoms with E-state index in [1.807, 2.05) is 0 Å². The summed E-state index contributed by atoms with van der Waals surface area (Å²) in [5.41, 5.74) is 0.641. The van der Waals surface area contributed by atoms with Gasteiger partial charge in [0.2, 0.25) is 0 Å². The molecular weight excluding hydrogens is 264 g/mol. The van der Waals surface area contributed by atoms with Crippen LogP contribution >= 0.6 is 15.9 Å². The van der Waals surface area contributed by atoms with Crippen molar-refractivity contribution in [1.82, 2.24) is 0 Å². The summed E-state index contributed by atoms with van der Waals surface area (Å²) in [5, 5.41) is 9.16. The Morgan fingerprint density at radius 3 is 2.13 bits per heavy atom. The Labute approximate surface area is 96.9 Å². The molecule has 0 bridgehead atoms. The second kappa shape index (κ2) is 5.23. The smallest absolute Gasteiger partial charge is 0.178 e. The standard InChI is InChI=1S/C10H13BrO4/c1-13-7-4-6(5-12)9(14-2)8(11)10(7)15-3/h4,12H,5H2,1-3H3. The number of aliphatic hydroxyl groups is 1. The van der Waals surface area contributed by atoms with E-state index in [4.69, 9.17) is 19.3 Å². The van der Waals surface area contributed by atoms with Crippen molar-refractivity contribution in [2.45, 2.75) is 6.61 Å². The third-order valence-electron chi connectivity index (χ3n) is 2.02. The quantitative estimate of drug-likeness (QED) is 0.914. The summed E-state index contributed by atoms with van der Waals surface area (Å²) in [7, 11) is 4.61. The number of aliphatic hydroxyl groups excluding tert-OH is 1. The predicted molar refractivity (Wildman–Crippen MR) is 59.7 cm³/mol. The first kappa shape index (κ1) is 12.1. The van der Waals surface area contributed by atoms with E-state index >= 15 is 0 Å². The van der Waals surface area contributed by atoms with Gasteiger partial charge in [0.15, 0.2) is 11.5 Å². The fraction of sp³-hybridized carbons (Fsp3) is 0.400. The van der Waals surface area contributed by atoms with E-state index in [0.29, 0.717) is 27.3 Å². The Morgan fingerprint density at radius 1 is 1.13 bits per heavy atom. The molecule has 0 fully saturated rings. The first-order chi connectivity index (χ1) is 7.19. The van der Waals surface area contributed by atoms with E-state index in [-0.39, 0.29) is 6.61 Å². The molecule has 0 spiro atoms. The molecule has 0 radical (unpaired) electrons. The molecule has 0 atom stereocenters. The van der Waals surface area contributed by atoms with Crippen LogP contribution in [0.3, 0.4) is 0 Å². The second-order valence-electron chi connectivity index (χ2n) is 2.78. The molecular formula is C10H13BrO4. The van der Waals surface area contributed by atoms with E-state index in [1.165, 1.54) is 14.2 Å². The van der Waals surface area contributed by atoms with Crippen molar-refractivity contribution < 1.29 is 19.3 Å². The van der Waals surface area contributed by atoms with Gasteiger partial charge in [0.05, 0.1) is 27.9 Å². The second-order valence-corrected chi connectivity index (χ2v) is 3.57. The summed E-state index contributed by atoms with van der Waals surface area (Å²) in [6.07, 6.45) is 0. The number of halogens is 1. The lowest BCUT2D eigenvalue weighted by Crippen LogP contribution is -1.98. The lowest BCUT2D eigenvalue weighted by Gasteiger charge is -2.15. The highest BCUT2D eigenvalue weighted by Crippen LogP contribution is 2.43. The average molecular weight is 277 g/mol. The normalized spacial score (nSPS) is 9.93. The summed E-state index contributed by atoms with van der Waals surface area (Å²) in [6.45, 7) is -0.123. The van der Waals surface area contributed by atoms with Gasteiger partial charge in [-0.1, -0.05) is 0 Å². The zero-order valence-electron chi connectivity index (χ0n) is 8.83. The summed E-state index contributed by atoms with van der Waals surface area (Å²) in [6, 6.07) is 1.68. The maximum atomic E-state index is 9.16. The van der Waals surface area contributed by atoms with Crippen LogP contribution in [0.4, 0.5) is 0 Å². The molecule has 1 aromatic carbocycles. The van der Waals surface area contributed by atoms with E-state index in [2.05, 4.69) is 15.9 Å². The van der Waals surface area contributed by atoms with Gasteiger partial charge in [-0.3, -0.25) is 0 Å². The zero-order chi connectivity index (χ0) is 11.4. The minimum atomic E-state index is -0.123. The largest absolute Gasteiger partial charge is 0.495 e. The lowest BCUT2D eigenvalue weighted by molar-refractivity contribution is 0.270. The highest BCUT2D eigenvalue weighted by atomic mass is 79.9. The maximum absolute atomic E-state index is 9.16. The predicted octanol–water partition coefficient (Wildman–Crippen LogP) is 1.97. The van der Waals surface area contributed by atoms with Crippen LogP contribution in [0.15, 0.2) is 10.5 Å². The Bertz CT molecular complexity index is 322. The van der Waals surface area contributed by atoms with Crippen LogP contribution in [0, 0.1) is 0 Å². The maximum Gasteiger partial charge on any atom is 0.178 e. The minimum absolute atomic E-state index is 0.123. The summed E-state index contributed by atoms with van der Waals surface area (Å²) in [5.74, 6) is 1.65. The Kier molecular flexibility index (Phi) is 4.23. The Balaban J connectivity index is 3.41. The van der Waals surface area contributed by atoms with Crippen LogP contribution in [-0.4, -0.2) is 26.4 Å². The Morgan fingerprint density at radius 2 is 1.73 bits per heavy atom. The molecule has 0 aliphatic rings. The zero-order valence-corrected chi connectivity index (χ0v) is 10.4. The number of benzene rings is 1. The highest BCUT2D eigenvalue weighted by Gasteiger charge is 2.17. The van der Waals surface area contributed by atoms with Crippen molar-refractivity contribution in [3.05, 3.63) is 16.1 Å². The molecule has 4 nitrogen and oxygen atoms in total. The minimum Gasteiger partial charge on any atom is -0.495 e. The SMILES string of the molecule is COc1cc(CO)c(OC)c(Br)c1OC. The van der Waals surface area contributed by atoms with Crippen LogP contribution in [0.1, 0.15) is 5.56 Å². The average Bonchev–Trinajstić information content (AvgIpc) is 2.27. The van der Waals surface area contributed by atoms with Crippen LogP contribution in [0.5, 0.6) is 17.2 Å². The van der Waals surface area contributed by atoms with E-state index in [9.17, 15) is 0 Å². The lowest BCUT2D eigenvalue weighted by atomic mass is 10.2. The number of ether oxygens (including phenoxy) is 3. The first-order valence-corrected chi connectivity index (χ1v) is 5.07. The molecule has 5 heteroatoms. The van der Waals surface area contributed by atoms with Gasteiger partial charge in [0.1, 0.15) is 10.2 Å². The molecule has 0 aromatic heterocycles. The van der Waals surface area contributed by atoms with Crippen LogP contribution in [-0.2, 0) is 6.61 Å². The summed E-state index contributed by atoms with van der Waals surface area (Å²) in [4.78, 5) is 0. The van der Waals surface area contributed by atoms with Crippen LogP contribution in [0.25, 0.3) is 0 Å². The van der Waals surface area contributed by atoms with E-state index in [0.717, 1.165) is 0 Å². The van der Waals surface area contributed by atoms with Crippen molar-refractivity contribution in [1.29, 1.82) is 0 Å². The van der Waals surface area contributed by atoms with Gasteiger partial charge in [-0.15, -0.1) is 0 Å². The number of hydrogen-bond acceptors (Lipinski definition) is 4. The number of methoxy groups -OCH3 is 3.